The first-order valence-corrected chi connectivity index (χ1v) is 15.6. The van der Waals surface area contributed by atoms with Crippen molar-refractivity contribution >= 4 is 0 Å². The SMILES string of the molecule is Oc1ccc2c(c1)C(c1ccc(CCCCCCCCCCCN3CCCC3)cc1)C(c1ccccc1)CO2. The van der Waals surface area contributed by atoms with E-state index in [-0.39, 0.29) is 11.8 Å². The molecule has 1 N–H and O–H groups in total. The first kappa shape index (κ1) is 27.8. The number of aromatic hydroxyl groups is 1. The Hall–Kier alpha value is -2.78. The van der Waals surface area contributed by atoms with E-state index in [1.807, 2.05) is 12.1 Å². The van der Waals surface area contributed by atoms with Crippen LogP contribution in [-0.4, -0.2) is 36.2 Å². The van der Waals surface area contributed by atoms with Gasteiger partial charge >= 0.3 is 0 Å². The van der Waals surface area contributed by atoms with Crippen LogP contribution in [0.3, 0.4) is 0 Å². The molecule has 1 saturated heterocycles. The highest BCUT2D eigenvalue weighted by molar-refractivity contribution is 5.50. The van der Waals surface area contributed by atoms with Gasteiger partial charge in [0.1, 0.15) is 11.5 Å². The minimum Gasteiger partial charge on any atom is -0.508 e. The number of aryl methyl sites for hydroxylation is 1. The van der Waals surface area contributed by atoms with Crippen molar-refractivity contribution in [1.29, 1.82) is 0 Å². The molecule has 3 aromatic rings. The Bertz CT molecular complexity index is 1120. The molecular weight excluding hydrogens is 478 g/mol. The molecule has 208 valence electrons. The highest BCUT2D eigenvalue weighted by atomic mass is 16.5. The molecule has 0 bridgehead atoms. The number of phenolic OH excluding ortho intramolecular Hbond substituents is 1. The number of unbranched alkanes of at least 4 members (excludes halogenated alkanes) is 8. The second kappa shape index (κ2) is 14.6. The van der Waals surface area contributed by atoms with E-state index < -0.39 is 0 Å². The molecular formula is C36H47NO2. The first-order valence-electron chi connectivity index (χ1n) is 15.6. The van der Waals surface area contributed by atoms with E-state index in [4.69, 9.17) is 4.74 Å². The molecule has 0 radical (unpaired) electrons. The maximum absolute atomic E-state index is 10.3. The van der Waals surface area contributed by atoms with Gasteiger partial charge in [-0.15, -0.1) is 0 Å². The molecule has 39 heavy (non-hydrogen) atoms. The first-order chi connectivity index (χ1) is 19.3. The van der Waals surface area contributed by atoms with Gasteiger partial charge in [0.2, 0.25) is 0 Å². The summed E-state index contributed by atoms with van der Waals surface area (Å²) >= 11 is 0. The highest BCUT2D eigenvalue weighted by Gasteiger charge is 2.33. The van der Waals surface area contributed by atoms with Crippen molar-refractivity contribution < 1.29 is 9.84 Å². The minimum absolute atomic E-state index is 0.164. The monoisotopic (exact) mass is 525 g/mol. The summed E-state index contributed by atoms with van der Waals surface area (Å²) < 4.78 is 6.14. The lowest BCUT2D eigenvalue weighted by atomic mass is 9.75. The Kier molecular flexibility index (Phi) is 10.4. The zero-order chi connectivity index (χ0) is 26.7. The number of fused-ring (bicyclic) bond motifs is 1. The second-order valence-electron chi connectivity index (χ2n) is 11.8. The number of hydrogen-bond donors (Lipinski definition) is 1. The number of benzene rings is 3. The molecule has 2 unspecified atom stereocenters. The molecule has 2 atom stereocenters. The maximum atomic E-state index is 10.3. The lowest BCUT2D eigenvalue weighted by molar-refractivity contribution is 0.248. The topological polar surface area (TPSA) is 32.7 Å². The normalized spacial score (nSPS) is 19.1. The van der Waals surface area contributed by atoms with E-state index in [0.29, 0.717) is 12.4 Å². The van der Waals surface area contributed by atoms with Crippen LogP contribution in [0.5, 0.6) is 11.5 Å². The summed E-state index contributed by atoms with van der Waals surface area (Å²) in [6.45, 7) is 4.66. The van der Waals surface area contributed by atoms with Crippen LogP contribution in [0.1, 0.15) is 105 Å². The summed E-state index contributed by atoms with van der Waals surface area (Å²) in [5, 5.41) is 10.3. The number of nitrogens with zero attached hydrogens (tertiary/aromatic N) is 1. The van der Waals surface area contributed by atoms with E-state index in [0.717, 1.165) is 17.7 Å². The molecule has 5 rings (SSSR count). The molecule has 2 aliphatic rings. The predicted octanol–water partition coefficient (Wildman–Crippen LogP) is 8.85. The summed E-state index contributed by atoms with van der Waals surface area (Å²) in [4.78, 5) is 2.64. The van der Waals surface area contributed by atoms with Gasteiger partial charge in [-0.3, -0.25) is 0 Å². The number of ether oxygens (including phenoxy) is 1. The predicted molar refractivity (Wildman–Crippen MR) is 162 cm³/mol. The Morgan fingerprint density at radius 2 is 1.36 bits per heavy atom. The molecule has 0 aliphatic carbocycles. The van der Waals surface area contributed by atoms with Gasteiger partial charge in [0.05, 0.1) is 6.61 Å². The van der Waals surface area contributed by atoms with Gasteiger partial charge < -0.3 is 14.7 Å². The van der Waals surface area contributed by atoms with Crippen molar-refractivity contribution in [3.05, 3.63) is 95.1 Å². The third kappa shape index (κ3) is 7.88. The summed E-state index contributed by atoms with van der Waals surface area (Å²) in [5.74, 6) is 1.57. The highest BCUT2D eigenvalue weighted by Crippen LogP contribution is 2.47. The Labute approximate surface area is 236 Å². The average molecular weight is 526 g/mol. The van der Waals surface area contributed by atoms with Crippen LogP contribution in [-0.2, 0) is 6.42 Å². The molecule has 0 spiro atoms. The molecule has 2 aliphatic heterocycles. The number of phenols is 1. The average Bonchev–Trinajstić information content (AvgIpc) is 3.50. The molecule has 3 nitrogen and oxygen atoms in total. The van der Waals surface area contributed by atoms with Crippen LogP contribution in [0, 0.1) is 0 Å². The van der Waals surface area contributed by atoms with Gasteiger partial charge in [-0.1, -0.05) is 99.5 Å². The third-order valence-corrected chi connectivity index (χ3v) is 8.85. The van der Waals surface area contributed by atoms with E-state index in [1.165, 1.54) is 107 Å². The van der Waals surface area contributed by atoms with Crippen molar-refractivity contribution in [1.82, 2.24) is 4.90 Å². The van der Waals surface area contributed by atoms with E-state index in [1.54, 1.807) is 6.07 Å². The molecule has 3 aromatic carbocycles. The van der Waals surface area contributed by atoms with Crippen molar-refractivity contribution in [3.63, 3.8) is 0 Å². The fourth-order valence-electron chi connectivity index (χ4n) is 6.60. The zero-order valence-corrected chi connectivity index (χ0v) is 23.7. The molecule has 3 heteroatoms. The van der Waals surface area contributed by atoms with Crippen molar-refractivity contribution in [2.24, 2.45) is 0 Å². The Balaban J connectivity index is 1.06. The van der Waals surface area contributed by atoms with Gasteiger partial charge in [-0.2, -0.15) is 0 Å². The lowest BCUT2D eigenvalue weighted by Crippen LogP contribution is -2.25. The quantitative estimate of drug-likeness (QED) is 0.213. The molecule has 0 aromatic heterocycles. The van der Waals surface area contributed by atoms with E-state index in [9.17, 15) is 5.11 Å². The number of likely N-dealkylation sites (tertiary alicyclic amines) is 1. The van der Waals surface area contributed by atoms with Crippen LogP contribution in [0.4, 0.5) is 0 Å². The van der Waals surface area contributed by atoms with Crippen LogP contribution >= 0.6 is 0 Å². The lowest BCUT2D eigenvalue weighted by Gasteiger charge is -2.34. The van der Waals surface area contributed by atoms with Crippen LogP contribution in [0.25, 0.3) is 0 Å². The van der Waals surface area contributed by atoms with Crippen LogP contribution < -0.4 is 4.74 Å². The van der Waals surface area contributed by atoms with Crippen molar-refractivity contribution in [2.75, 3.05) is 26.2 Å². The van der Waals surface area contributed by atoms with Crippen molar-refractivity contribution in [2.45, 2.75) is 88.9 Å². The van der Waals surface area contributed by atoms with Gasteiger partial charge in [0, 0.05) is 17.4 Å². The molecule has 2 heterocycles. The number of hydrogen-bond acceptors (Lipinski definition) is 3. The fraction of sp³-hybridized carbons (Fsp3) is 0.500. The maximum Gasteiger partial charge on any atom is 0.123 e. The van der Waals surface area contributed by atoms with Crippen LogP contribution in [0.2, 0.25) is 0 Å². The van der Waals surface area contributed by atoms with Gasteiger partial charge in [0.15, 0.2) is 0 Å². The summed E-state index contributed by atoms with van der Waals surface area (Å²) in [6, 6.07) is 25.4. The fourth-order valence-corrected chi connectivity index (χ4v) is 6.60. The third-order valence-electron chi connectivity index (χ3n) is 8.85. The van der Waals surface area contributed by atoms with Gasteiger partial charge in [-0.05, 0) is 86.6 Å². The Morgan fingerprint density at radius 3 is 2.08 bits per heavy atom. The molecule has 0 amide bonds. The van der Waals surface area contributed by atoms with E-state index >= 15 is 0 Å². The summed E-state index contributed by atoms with van der Waals surface area (Å²) in [7, 11) is 0. The van der Waals surface area contributed by atoms with E-state index in [2.05, 4.69) is 59.5 Å². The van der Waals surface area contributed by atoms with Gasteiger partial charge in [-0.25, -0.2) is 0 Å². The molecule has 0 saturated carbocycles. The van der Waals surface area contributed by atoms with Crippen LogP contribution in [0.15, 0.2) is 72.8 Å². The second-order valence-corrected chi connectivity index (χ2v) is 11.8. The van der Waals surface area contributed by atoms with Gasteiger partial charge in [0.25, 0.3) is 0 Å². The molecule has 1 fully saturated rings. The summed E-state index contributed by atoms with van der Waals surface area (Å²) in [6.07, 6.45) is 16.4. The minimum atomic E-state index is 0.164. The number of rotatable bonds is 14. The summed E-state index contributed by atoms with van der Waals surface area (Å²) in [5.41, 5.74) is 5.08. The smallest absolute Gasteiger partial charge is 0.123 e. The standard InChI is InChI=1S/C36H47NO2/c38-32-22-23-35-33(27-32)36(34(28-39-35)30-16-10-8-11-17-30)31-20-18-29(19-21-31)15-9-6-4-2-1-3-5-7-12-24-37-25-13-14-26-37/h8,10-11,16-23,27,34,36,38H,1-7,9,12-15,24-26,28H2. The largest absolute Gasteiger partial charge is 0.508 e. The van der Waals surface area contributed by atoms with Crippen molar-refractivity contribution in [3.8, 4) is 11.5 Å². The Morgan fingerprint density at radius 1 is 0.692 bits per heavy atom. The zero-order valence-electron chi connectivity index (χ0n) is 23.7.